The first-order valence-corrected chi connectivity index (χ1v) is 9.45. The second-order valence-corrected chi connectivity index (χ2v) is 6.85. The molecule has 6 heteroatoms. The summed E-state index contributed by atoms with van der Waals surface area (Å²) >= 11 is 0. The largest absolute Gasteiger partial charge is 0.481 e. The Labute approximate surface area is 164 Å². The molecule has 0 spiro atoms. The van der Waals surface area contributed by atoms with Crippen LogP contribution in [0.4, 0.5) is 5.69 Å². The molecular weight excluding hydrogens is 356 g/mol. The number of anilines is 1. The Balaban J connectivity index is 1.73. The van der Waals surface area contributed by atoms with Crippen LogP contribution < -0.4 is 4.90 Å². The number of rotatable bonds is 6. The van der Waals surface area contributed by atoms with Gasteiger partial charge in [0.25, 0.3) is 0 Å². The molecule has 0 bridgehead atoms. The van der Waals surface area contributed by atoms with Gasteiger partial charge in [-0.2, -0.15) is 0 Å². The van der Waals surface area contributed by atoms with Gasteiger partial charge in [0.15, 0.2) is 0 Å². The molecule has 2 aromatic carbocycles. The Morgan fingerprint density at radius 1 is 1.04 bits per heavy atom. The van der Waals surface area contributed by atoms with Gasteiger partial charge in [-0.25, -0.2) is 0 Å². The number of fused-ring (bicyclic) bond motifs is 1. The van der Waals surface area contributed by atoms with Crippen molar-refractivity contribution in [3.8, 4) is 0 Å². The highest BCUT2D eigenvalue weighted by molar-refractivity contribution is 6.07. The molecule has 1 unspecified atom stereocenters. The summed E-state index contributed by atoms with van der Waals surface area (Å²) in [6.07, 6.45) is 0.401. The summed E-state index contributed by atoms with van der Waals surface area (Å²) in [6.45, 7) is 3.10. The van der Waals surface area contributed by atoms with E-state index in [1.165, 1.54) is 10.5 Å². The third-order valence-electron chi connectivity index (χ3n) is 5.11. The zero-order chi connectivity index (χ0) is 20.1. The van der Waals surface area contributed by atoms with Gasteiger partial charge in [-0.15, -0.1) is 0 Å². The average molecular weight is 380 g/mol. The Morgan fingerprint density at radius 3 is 2.32 bits per heavy atom. The Hall–Kier alpha value is -3.15. The van der Waals surface area contributed by atoms with Crippen molar-refractivity contribution < 1.29 is 19.5 Å². The molecule has 146 valence electrons. The van der Waals surface area contributed by atoms with E-state index in [9.17, 15) is 19.5 Å². The zero-order valence-corrected chi connectivity index (χ0v) is 15.9. The number of carboxylic acid groups (broad SMARTS) is 1. The number of hydrogen-bond donors (Lipinski definition) is 1. The van der Waals surface area contributed by atoms with E-state index in [0.717, 1.165) is 12.0 Å². The molecule has 1 atom stereocenters. The second-order valence-electron chi connectivity index (χ2n) is 6.85. The van der Waals surface area contributed by atoms with E-state index in [-0.39, 0.29) is 12.3 Å². The molecule has 1 heterocycles. The maximum absolute atomic E-state index is 12.9. The van der Waals surface area contributed by atoms with Gasteiger partial charge in [-0.3, -0.25) is 14.4 Å². The molecular formula is C22H24N2O4. The number of benzene rings is 2. The average Bonchev–Trinajstić information content (AvgIpc) is 2.72. The van der Waals surface area contributed by atoms with Crippen LogP contribution in [0.25, 0.3) is 0 Å². The van der Waals surface area contributed by atoms with E-state index >= 15 is 0 Å². The molecule has 0 saturated carbocycles. The number of para-hydroxylation sites is 1. The van der Waals surface area contributed by atoms with Crippen molar-refractivity contribution >= 4 is 23.5 Å². The van der Waals surface area contributed by atoms with Gasteiger partial charge in [0, 0.05) is 31.7 Å². The van der Waals surface area contributed by atoms with E-state index in [4.69, 9.17) is 0 Å². The summed E-state index contributed by atoms with van der Waals surface area (Å²) < 4.78 is 0. The molecule has 2 amide bonds. The van der Waals surface area contributed by atoms with Crippen LogP contribution in [0.1, 0.15) is 24.5 Å². The fourth-order valence-corrected chi connectivity index (χ4v) is 3.55. The smallest absolute Gasteiger partial charge is 0.316 e. The van der Waals surface area contributed by atoms with E-state index in [2.05, 4.69) is 0 Å². The molecule has 0 saturated heterocycles. The first-order chi connectivity index (χ1) is 13.5. The van der Waals surface area contributed by atoms with E-state index in [0.29, 0.717) is 25.3 Å². The maximum atomic E-state index is 12.9. The number of hydrogen-bond acceptors (Lipinski definition) is 3. The fourth-order valence-electron chi connectivity index (χ4n) is 3.55. The molecule has 3 rings (SSSR count). The number of aliphatic carboxylic acids is 1. The minimum Gasteiger partial charge on any atom is -0.481 e. The third kappa shape index (κ3) is 4.22. The van der Waals surface area contributed by atoms with Crippen LogP contribution in [-0.2, 0) is 27.3 Å². The Morgan fingerprint density at radius 2 is 1.68 bits per heavy atom. The highest BCUT2D eigenvalue weighted by Crippen LogP contribution is 2.22. The van der Waals surface area contributed by atoms with Crippen molar-refractivity contribution in [1.82, 2.24) is 4.90 Å². The summed E-state index contributed by atoms with van der Waals surface area (Å²) in [5.74, 6) is -3.54. The minimum atomic E-state index is -1.40. The Kier molecular flexibility index (Phi) is 6.09. The monoisotopic (exact) mass is 380 g/mol. The highest BCUT2D eigenvalue weighted by Gasteiger charge is 2.34. The summed E-state index contributed by atoms with van der Waals surface area (Å²) in [5, 5.41) is 9.62. The normalized spacial score (nSPS) is 14.1. The van der Waals surface area contributed by atoms with E-state index in [1.807, 2.05) is 30.3 Å². The lowest BCUT2D eigenvalue weighted by Crippen LogP contribution is -2.43. The topological polar surface area (TPSA) is 77.9 Å². The highest BCUT2D eigenvalue weighted by atomic mass is 16.4. The number of amides is 2. The van der Waals surface area contributed by atoms with Crippen molar-refractivity contribution in [3.05, 3.63) is 65.7 Å². The van der Waals surface area contributed by atoms with Gasteiger partial charge >= 0.3 is 5.97 Å². The lowest BCUT2D eigenvalue weighted by Gasteiger charge is -2.30. The van der Waals surface area contributed by atoms with Gasteiger partial charge in [-0.1, -0.05) is 42.5 Å². The van der Waals surface area contributed by atoms with Gasteiger partial charge in [0.05, 0.1) is 0 Å². The van der Waals surface area contributed by atoms with Crippen molar-refractivity contribution in [1.29, 1.82) is 0 Å². The summed E-state index contributed by atoms with van der Waals surface area (Å²) in [5.41, 5.74) is 2.90. The first-order valence-electron chi connectivity index (χ1n) is 9.45. The summed E-state index contributed by atoms with van der Waals surface area (Å²) in [6, 6.07) is 16.8. The fraction of sp³-hybridized carbons (Fsp3) is 0.318. The minimum absolute atomic E-state index is 0.306. The molecule has 1 aliphatic rings. The number of carbonyl (C=O) groups is 3. The van der Waals surface area contributed by atoms with Crippen molar-refractivity contribution in [2.45, 2.75) is 26.3 Å². The number of carbonyl (C=O) groups excluding carboxylic acids is 2. The lowest BCUT2D eigenvalue weighted by atomic mass is 9.97. The van der Waals surface area contributed by atoms with E-state index in [1.54, 1.807) is 36.1 Å². The van der Waals surface area contributed by atoms with Crippen LogP contribution in [0, 0.1) is 5.92 Å². The Bertz CT molecular complexity index is 866. The van der Waals surface area contributed by atoms with E-state index < -0.39 is 17.8 Å². The van der Waals surface area contributed by atoms with Crippen molar-refractivity contribution in [3.63, 3.8) is 0 Å². The van der Waals surface area contributed by atoms with Crippen LogP contribution in [0.5, 0.6) is 0 Å². The van der Waals surface area contributed by atoms with Gasteiger partial charge in [-0.05, 0) is 36.6 Å². The standard InChI is InChI=1S/C22H24N2O4/c1-2-24(18-10-4-3-5-11-18)21(26)19(22(27)28)14-20(25)23-13-12-16-8-6-7-9-17(16)15-23/h3-11,19H,2,12-15H2,1H3,(H,27,28). The lowest BCUT2D eigenvalue weighted by molar-refractivity contribution is -0.150. The number of nitrogens with zero attached hydrogens (tertiary/aromatic N) is 2. The van der Waals surface area contributed by atoms with Crippen LogP contribution >= 0.6 is 0 Å². The van der Waals surface area contributed by atoms with Crippen molar-refractivity contribution in [2.24, 2.45) is 5.92 Å². The maximum Gasteiger partial charge on any atom is 0.316 e. The zero-order valence-electron chi connectivity index (χ0n) is 15.9. The van der Waals surface area contributed by atoms with Gasteiger partial charge in [0.1, 0.15) is 5.92 Å². The van der Waals surface area contributed by atoms with Crippen LogP contribution in [-0.4, -0.2) is 40.9 Å². The van der Waals surface area contributed by atoms with Gasteiger partial charge < -0.3 is 14.9 Å². The molecule has 0 aliphatic carbocycles. The molecule has 0 fully saturated rings. The van der Waals surface area contributed by atoms with Crippen molar-refractivity contribution in [2.75, 3.05) is 18.0 Å². The predicted octanol–water partition coefficient (Wildman–Crippen LogP) is 2.72. The van der Waals surface area contributed by atoms with Crippen LogP contribution in [0.2, 0.25) is 0 Å². The molecule has 1 aliphatic heterocycles. The quantitative estimate of drug-likeness (QED) is 0.782. The van der Waals surface area contributed by atoms with Crippen LogP contribution in [0.3, 0.4) is 0 Å². The summed E-state index contributed by atoms with van der Waals surface area (Å²) in [7, 11) is 0. The molecule has 6 nitrogen and oxygen atoms in total. The number of carboxylic acids is 1. The SMILES string of the molecule is CCN(C(=O)C(CC(=O)N1CCc2ccccc2C1)C(=O)O)c1ccccc1. The molecule has 28 heavy (non-hydrogen) atoms. The van der Waals surface area contributed by atoms with Crippen LogP contribution in [0.15, 0.2) is 54.6 Å². The summed E-state index contributed by atoms with van der Waals surface area (Å²) in [4.78, 5) is 40.5. The predicted molar refractivity (Wildman–Crippen MR) is 106 cm³/mol. The first kappa shape index (κ1) is 19.6. The second kappa shape index (κ2) is 8.69. The molecule has 2 aromatic rings. The molecule has 0 aromatic heterocycles. The molecule has 1 N–H and O–H groups in total. The molecule has 0 radical (unpaired) electrons. The van der Waals surface area contributed by atoms with Gasteiger partial charge in [0.2, 0.25) is 11.8 Å². The third-order valence-corrected chi connectivity index (χ3v) is 5.11.